The van der Waals surface area contributed by atoms with Crippen LogP contribution in [0.15, 0.2) is 42.7 Å². The van der Waals surface area contributed by atoms with E-state index in [0.717, 1.165) is 11.3 Å². The fourth-order valence-corrected chi connectivity index (χ4v) is 3.56. The molecule has 0 bridgehead atoms. The van der Waals surface area contributed by atoms with E-state index in [2.05, 4.69) is 20.6 Å². The molecule has 1 aliphatic rings. The van der Waals surface area contributed by atoms with Gasteiger partial charge in [0, 0.05) is 44.7 Å². The van der Waals surface area contributed by atoms with E-state index in [0.29, 0.717) is 45.4 Å². The van der Waals surface area contributed by atoms with Crippen LogP contribution in [0.25, 0.3) is 0 Å². The molecule has 8 nitrogen and oxygen atoms in total. The van der Waals surface area contributed by atoms with Gasteiger partial charge in [-0.2, -0.15) is 0 Å². The van der Waals surface area contributed by atoms with Crippen LogP contribution in [-0.2, 0) is 16.1 Å². The van der Waals surface area contributed by atoms with Gasteiger partial charge in [-0.3, -0.25) is 19.4 Å². The zero-order chi connectivity index (χ0) is 22.1. The molecule has 1 unspecified atom stereocenters. The maximum atomic E-state index is 12.9. The summed E-state index contributed by atoms with van der Waals surface area (Å²) in [4.78, 5) is 47.7. The average Bonchev–Trinajstić information content (AvgIpc) is 2.83. The third-order valence-electron chi connectivity index (χ3n) is 5.37. The molecule has 2 aromatic rings. The Labute approximate surface area is 182 Å². The molecule has 0 saturated carbocycles. The number of benzene rings is 1. The first-order valence-corrected chi connectivity index (χ1v) is 10.7. The van der Waals surface area contributed by atoms with Crippen LogP contribution in [0.2, 0.25) is 0 Å². The molecule has 1 atom stereocenters. The van der Waals surface area contributed by atoms with Gasteiger partial charge in [0.2, 0.25) is 11.8 Å². The van der Waals surface area contributed by atoms with Crippen LogP contribution in [0.1, 0.15) is 47.4 Å². The van der Waals surface area contributed by atoms with Crippen molar-refractivity contribution in [3.8, 4) is 0 Å². The minimum Gasteiger partial charge on any atom is -0.356 e. The van der Waals surface area contributed by atoms with E-state index in [9.17, 15) is 14.4 Å². The molecule has 1 fully saturated rings. The summed E-state index contributed by atoms with van der Waals surface area (Å²) < 4.78 is 0. The number of nitrogens with zero attached hydrogens (tertiary/aromatic N) is 3. The molecule has 1 saturated heterocycles. The summed E-state index contributed by atoms with van der Waals surface area (Å²) in [6, 6.07) is 9.75. The maximum absolute atomic E-state index is 12.9. The normalized spacial score (nSPS) is 17.9. The monoisotopic (exact) mass is 423 g/mol. The zero-order valence-electron chi connectivity index (χ0n) is 17.8. The van der Waals surface area contributed by atoms with Crippen molar-refractivity contribution in [2.75, 3.05) is 19.6 Å². The Kier molecular flexibility index (Phi) is 8.09. The van der Waals surface area contributed by atoms with Crippen LogP contribution in [0.4, 0.5) is 0 Å². The SMILES string of the molecule is Cc1cnc(C(=O)N2CCCC(C(=O)NCc3ccccc3)CCNC(=O)CC2)cn1. The van der Waals surface area contributed by atoms with E-state index in [-0.39, 0.29) is 35.8 Å². The Morgan fingerprint density at radius 3 is 2.68 bits per heavy atom. The van der Waals surface area contributed by atoms with E-state index in [1.54, 1.807) is 11.1 Å². The predicted octanol–water partition coefficient (Wildman–Crippen LogP) is 1.85. The molecule has 3 amide bonds. The molecule has 0 aliphatic carbocycles. The van der Waals surface area contributed by atoms with Crippen LogP contribution < -0.4 is 10.6 Å². The fourth-order valence-electron chi connectivity index (χ4n) is 3.56. The Morgan fingerprint density at radius 1 is 1.13 bits per heavy atom. The van der Waals surface area contributed by atoms with Gasteiger partial charge in [-0.25, -0.2) is 4.98 Å². The highest BCUT2D eigenvalue weighted by Gasteiger charge is 2.23. The molecule has 2 N–H and O–H groups in total. The van der Waals surface area contributed by atoms with Crippen LogP contribution in [0.5, 0.6) is 0 Å². The van der Waals surface area contributed by atoms with Gasteiger partial charge in [0.1, 0.15) is 5.69 Å². The van der Waals surface area contributed by atoms with Crippen LogP contribution in [0, 0.1) is 12.8 Å². The lowest BCUT2D eigenvalue weighted by molar-refractivity contribution is -0.126. The first-order chi connectivity index (χ1) is 15.0. The van der Waals surface area contributed by atoms with E-state index in [1.807, 2.05) is 37.3 Å². The van der Waals surface area contributed by atoms with Crippen LogP contribution in [0.3, 0.4) is 0 Å². The summed E-state index contributed by atoms with van der Waals surface area (Å²) in [7, 11) is 0. The highest BCUT2D eigenvalue weighted by atomic mass is 16.2. The molecule has 1 aromatic heterocycles. The molecule has 1 aromatic carbocycles. The van der Waals surface area contributed by atoms with Crippen molar-refractivity contribution in [2.45, 2.75) is 39.2 Å². The first-order valence-electron chi connectivity index (χ1n) is 10.7. The van der Waals surface area contributed by atoms with Gasteiger partial charge in [0.05, 0.1) is 11.9 Å². The number of aryl methyl sites for hydroxylation is 1. The minimum atomic E-state index is -0.246. The number of carbonyl (C=O) groups excluding carboxylic acids is 3. The van der Waals surface area contributed by atoms with Crippen LogP contribution >= 0.6 is 0 Å². The summed E-state index contributed by atoms with van der Waals surface area (Å²) in [5.41, 5.74) is 2.03. The molecule has 31 heavy (non-hydrogen) atoms. The van der Waals surface area contributed by atoms with Gasteiger partial charge in [-0.1, -0.05) is 30.3 Å². The third-order valence-corrected chi connectivity index (χ3v) is 5.37. The Morgan fingerprint density at radius 2 is 1.94 bits per heavy atom. The maximum Gasteiger partial charge on any atom is 0.274 e. The van der Waals surface area contributed by atoms with Crippen molar-refractivity contribution in [3.63, 3.8) is 0 Å². The molecule has 2 heterocycles. The lowest BCUT2D eigenvalue weighted by Gasteiger charge is -2.22. The third kappa shape index (κ3) is 6.87. The van der Waals surface area contributed by atoms with Gasteiger partial charge in [0.15, 0.2) is 0 Å². The fraction of sp³-hybridized carbons (Fsp3) is 0.435. The van der Waals surface area contributed by atoms with Crippen molar-refractivity contribution in [1.29, 1.82) is 0 Å². The van der Waals surface area contributed by atoms with Crippen molar-refractivity contribution < 1.29 is 14.4 Å². The summed E-state index contributed by atoms with van der Waals surface area (Å²) in [6.45, 7) is 3.50. The molecule has 0 spiro atoms. The second kappa shape index (κ2) is 11.2. The quantitative estimate of drug-likeness (QED) is 0.781. The van der Waals surface area contributed by atoms with Crippen molar-refractivity contribution >= 4 is 17.7 Å². The number of hydrogen-bond donors (Lipinski definition) is 2. The van der Waals surface area contributed by atoms with Crippen molar-refractivity contribution in [2.24, 2.45) is 5.92 Å². The molecule has 8 heteroatoms. The average molecular weight is 424 g/mol. The summed E-state index contributed by atoms with van der Waals surface area (Å²) in [5, 5.41) is 5.85. The summed E-state index contributed by atoms with van der Waals surface area (Å²) in [6.07, 6.45) is 5.12. The second-order valence-corrected chi connectivity index (χ2v) is 7.77. The first kappa shape index (κ1) is 22.4. The standard InChI is InChI=1S/C23H29N5O3/c1-17-14-26-20(16-25-17)23(31)28-12-5-8-19(9-11-24-21(29)10-13-28)22(30)27-15-18-6-3-2-4-7-18/h2-4,6-7,14,16,19H,5,8-13,15H2,1H3,(H,24,29)(H,27,30). The molecular formula is C23H29N5O3. The number of hydrogen-bond acceptors (Lipinski definition) is 5. The highest BCUT2D eigenvalue weighted by Crippen LogP contribution is 2.15. The Bertz CT molecular complexity index is 886. The lowest BCUT2D eigenvalue weighted by Crippen LogP contribution is -2.36. The molecular weight excluding hydrogens is 394 g/mol. The number of nitrogens with one attached hydrogen (secondary N) is 2. The van der Waals surface area contributed by atoms with Crippen molar-refractivity contribution in [3.05, 3.63) is 59.7 Å². The number of amides is 3. The van der Waals surface area contributed by atoms with E-state index < -0.39 is 0 Å². The largest absolute Gasteiger partial charge is 0.356 e. The number of rotatable bonds is 4. The lowest BCUT2D eigenvalue weighted by atomic mass is 9.98. The topological polar surface area (TPSA) is 104 Å². The molecule has 0 radical (unpaired) electrons. The molecule has 1 aliphatic heterocycles. The van der Waals surface area contributed by atoms with Crippen LogP contribution in [-0.4, -0.2) is 52.2 Å². The zero-order valence-corrected chi connectivity index (χ0v) is 17.8. The summed E-state index contributed by atoms with van der Waals surface area (Å²) in [5.74, 6) is -0.624. The Hall–Kier alpha value is -3.29. The van der Waals surface area contributed by atoms with E-state index >= 15 is 0 Å². The van der Waals surface area contributed by atoms with Crippen molar-refractivity contribution in [1.82, 2.24) is 25.5 Å². The second-order valence-electron chi connectivity index (χ2n) is 7.77. The minimum absolute atomic E-state index is 0.0281. The summed E-state index contributed by atoms with van der Waals surface area (Å²) >= 11 is 0. The smallest absolute Gasteiger partial charge is 0.274 e. The Balaban J connectivity index is 1.61. The number of aromatic nitrogens is 2. The van der Waals surface area contributed by atoms with Gasteiger partial charge in [-0.15, -0.1) is 0 Å². The van der Waals surface area contributed by atoms with Gasteiger partial charge in [-0.05, 0) is 31.7 Å². The van der Waals surface area contributed by atoms with Gasteiger partial charge in [0.25, 0.3) is 5.91 Å². The highest BCUT2D eigenvalue weighted by molar-refractivity contribution is 5.92. The molecule has 3 rings (SSSR count). The molecule has 164 valence electrons. The predicted molar refractivity (Wildman–Crippen MR) is 116 cm³/mol. The number of carbonyl (C=O) groups is 3. The van der Waals surface area contributed by atoms with Gasteiger partial charge >= 0.3 is 0 Å². The van der Waals surface area contributed by atoms with E-state index in [1.165, 1.54) is 6.20 Å². The van der Waals surface area contributed by atoms with Gasteiger partial charge < -0.3 is 15.5 Å². The van der Waals surface area contributed by atoms with E-state index in [4.69, 9.17) is 0 Å².